The summed E-state index contributed by atoms with van der Waals surface area (Å²) in [4.78, 5) is 19.6. The van der Waals surface area contributed by atoms with Crippen LogP contribution in [0.25, 0.3) is 16.6 Å². The molecule has 0 saturated heterocycles. The van der Waals surface area contributed by atoms with E-state index < -0.39 is 4.92 Å². The molecule has 0 aliphatic carbocycles. The Balaban J connectivity index is 1.97. The summed E-state index contributed by atoms with van der Waals surface area (Å²) in [5.74, 6) is 0.489. The molecule has 0 atom stereocenters. The number of aromatic nitrogens is 3. The molecule has 1 N–H and O–H groups in total. The molecule has 130 valence electrons. The summed E-state index contributed by atoms with van der Waals surface area (Å²) in [5.41, 5.74) is 2.92. The number of para-hydroxylation sites is 1. The topological polar surface area (TPSA) is 85.4 Å². The predicted octanol–water partition coefficient (Wildman–Crippen LogP) is 5.15. The van der Waals surface area contributed by atoms with Gasteiger partial charge in [-0.15, -0.1) is 0 Å². The lowest BCUT2D eigenvalue weighted by molar-refractivity contribution is -0.383. The van der Waals surface area contributed by atoms with Gasteiger partial charge in [0.25, 0.3) is 5.69 Å². The fourth-order valence-corrected chi connectivity index (χ4v) is 3.54. The molecule has 0 amide bonds. The molecule has 4 aromatic rings. The van der Waals surface area contributed by atoms with E-state index in [2.05, 4.69) is 15.3 Å². The zero-order valence-corrected chi connectivity index (χ0v) is 14.9. The number of aryl methyl sites for hydroxylation is 1. The lowest BCUT2D eigenvalue weighted by Gasteiger charge is -2.14. The first-order valence-electron chi connectivity index (χ1n) is 7.57. The van der Waals surface area contributed by atoms with Gasteiger partial charge in [-0.25, -0.2) is 9.97 Å². The number of nitro groups is 1. The first kappa shape index (κ1) is 16.6. The first-order chi connectivity index (χ1) is 12.5. The Morgan fingerprint density at radius 3 is 2.81 bits per heavy atom. The molecular formula is C17H11Cl2N5O2. The van der Waals surface area contributed by atoms with Crippen LogP contribution in [0, 0.1) is 17.0 Å². The Morgan fingerprint density at radius 2 is 2.08 bits per heavy atom. The lowest BCUT2D eigenvalue weighted by atomic mass is 10.2. The standard InChI is InChI=1S/C17H11Cl2N5O2/c1-9-5-10(18)6-11(19)15(9)22-17-14-7-20-8-23(14)16-12(21-17)3-2-4-13(16)24(25)26/h2-8H,1H3,(H,21,22). The smallest absolute Gasteiger partial charge is 0.295 e. The van der Waals surface area contributed by atoms with Gasteiger partial charge in [-0.05, 0) is 30.7 Å². The Morgan fingerprint density at radius 1 is 1.27 bits per heavy atom. The van der Waals surface area contributed by atoms with E-state index in [0.29, 0.717) is 38.1 Å². The third-order valence-electron chi connectivity index (χ3n) is 4.04. The van der Waals surface area contributed by atoms with Crippen molar-refractivity contribution in [3.05, 3.63) is 68.6 Å². The van der Waals surface area contributed by atoms with Crippen LogP contribution in [0.1, 0.15) is 5.56 Å². The molecule has 0 bridgehead atoms. The van der Waals surface area contributed by atoms with E-state index in [0.717, 1.165) is 5.56 Å². The van der Waals surface area contributed by atoms with Crippen molar-refractivity contribution in [2.24, 2.45) is 0 Å². The zero-order chi connectivity index (χ0) is 18.4. The van der Waals surface area contributed by atoms with Crippen molar-refractivity contribution in [1.82, 2.24) is 14.4 Å². The molecule has 0 radical (unpaired) electrons. The highest BCUT2D eigenvalue weighted by Gasteiger charge is 2.19. The normalized spacial score (nSPS) is 11.2. The molecule has 7 nitrogen and oxygen atoms in total. The Labute approximate surface area is 157 Å². The van der Waals surface area contributed by atoms with Crippen molar-refractivity contribution in [2.75, 3.05) is 5.32 Å². The Hall–Kier alpha value is -2.90. The number of nitrogens with zero attached hydrogens (tertiary/aromatic N) is 4. The molecule has 26 heavy (non-hydrogen) atoms. The van der Waals surface area contributed by atoms with Gasteiger partial charge in [0.2, 0.25) is 0 Å². The summed E-state index contributed by atoms with van der Waals surface area (Å²) < 4.78 is 1.64. The number of imidazole rings is 1. The van der Waals surface area contributed by atoms with Gasteiger partial charge in [0.1, 0.15) is 11.8 Å². The van der Waals surface area contributed by atoms with Crippen molar-refractivity contribution < 1.29 is 4.92 Å². The number of nitro benzene ring substituents is 1. The molecular weight excluding hydrogens is 377 g/mol. The summed E-state index contributed by atoms with van der Waals surface area (Å²) in [7, 11) is 0. The van der Waals surface area contributed by atoms with Crippen LogP contribution in [0.5, 0.6) is 0 Å². The van der Waals surface area contributed by atoms with Crippen LogP contribution in [-0.2, 0) is 0 Å². The van der Waals surface area contributed by atoms with Crippen LogP contribution >= 0.6 is 23.2 Å². The predicted molar refractivity (Wildman–Crippen MR) is 102 cm³/mol. The highest BCUT2D eigenvalue weighted by molar-refractivity contribution is 6.36. The number of hydrogen-bond acceptors (Lipinski definition) is 5. The van der Waals surface area contributed by atoms with E-state index >= 15 is 0 Å². The fraction of sp³-hybridized carbons (Fsp3) is 0.0588. The van der Waals surface area contributed by atoms with Crippen LogP contribution in [0.4, 0.5) is 17.2 Å². The maximum atomic E-state index is 11.4. The minimum absolute atomic E-state index is 0.0368. The van der Waals surface area contributed by atoms with E-state index in [1.54, 1.807) is 34.9 Å². The summed E-state index contributed by atoms with van der Waals surface area (Å²) in [6.45, 7) is 1.87. The van der Waals surface area contributed by atoms with Gasteiger partial charge < -0.3 is 5.32 Å². The van der Waals surface area contributed by atoms with E-state index in [-0.39, 0.29) is 5.69 Å². The Kier molecular flexibility index (Phi) is 3.90. The molecule has 0 aliphatic rings. The minimum atomic E-state index is -0.434. The molecule has 2 aromatic carbocycles. The van der Waals surface area contributed by atoms with Crippen molar-refractivity contribution in [3.63, 3.8) is 0 Å². The summed E-state index contributed by atoms with van der Waals surface area (Å²) >= 11 is 12.3. The quantitative estimate of drug-likeness (QED) is 0.388. The van der Waals surface area contributed by atoms with Crippen molar-refractivity contribution in [1.29, 1.82) is 0 Å². The van der Waals surface area contributed by atoms with Gasteiger partial charge in [0, 0.05) is 11.1 Å². The van der Waals surface area contributed by atoms with Crippen molar-refractivity contribution in [2.45, 2.75) is 6.92 Å². The average molecular weight is 388 g/mol. The number of halogens is 2. The van der Waals surface area contributed by atoms with E-state index in [4.69, 9.17) is 23.2 Å². The van der Waals surface area contributed by atoms with Gasteiger partial charge >= 0.3 is 0 Å². The van der Waals surface area contributed by atoms with Gasteiger partial charge in [-0.2, -0.15) is 0 Å². The van der Waals surface area contributed by atoms with Crippen molar-refractivity contribution >= 4 is 56.9 Å². The molecule has 9 heteroatoms. The minimum Gasteiger partial charge on any atom is -0.337 e. The zero-order valence-electron chi connectivity index (χ0n) is 13.4. The molecule has 0 unspecified atom stereocenters. The molecule has 4 rings (SSSR count). The maximum absolute atomic E-state index is 11.4. The van der Waals surface area contributed by atoms with Gasteiger partial charge in [0.05, 0.1) is 27.3 Å². The van der Waals surface area contributed by atoms with Crippen LogP contribution < -0.4 is 5.32 Å². The summed E-state index contributed by atoms with van der Waals surface area (Å²) in [6, 6.07) is 8.17. The Bertz CT molecular complexity index is 1170. The lowest BCUT2D eigenvalue weighted by Crippen LogP contribution is -2.02. The van der Waals surface area contributed by atoms with Gasteiger partial charge in [-0.3, -0.25) is 14.5 Å². The number of rotatable bonds is 3. The number of benzene rings is 2. The second-order valence-corrected chi connectivity index (χ2v) is 6.56. The molecule has 2 aromatic heterocycles. The second kappa shape index (κ2) is 6.12. The molecule has 0 saturated carbocycles. The number of hydrogen-bond donors (Lipinski definition) is 1. The fourth-order valence-electron chi connectivity index (χ4n) is 2.90. The van der Waals surface area contributed by atoms with Crippen LogP contribution in [0.2, 0.25) is 10.0 Å². The third kappa shape index (κ3) is 2.61. The van der Waals surface area contributed by atoms with E-state index in [1.165, 1.54) is 12.4 Å². The first-order valence-corrected chi connectivity index (χ1v) is 8.33. The highest BCUT2D eigenvalue weighted by Crippen LogP contribution is 2.34. The van der Waals surface area contributed by atoms with Gasteiger partial charge in [0.15, 0.2) is 11.3 Å². The molecule has 0 fully saturated rings. The third-order valence-corrected chi connectivity index (χ3v) is 4.56. The second-order valence-electron chi connectivity index (χ2n) is 5.72. The monoisotopic (exact) mass is 387 g/mol. The number of anilines is 2. The summed E-state index contributed by atoms with van der Waals surface area (Å²) in [6.07, 6.45) is 3.11. The van der Waals surface area contributed by atoms with Crippen LogP contribution in [0.15, 0.2) is 42.9 Å². The number of nitrogens with one attached hydrogen (secondary N) is 1. The molecule has 0 spiro atoms. The molecule has 2 heterocycles. The SMILES string of the molecule is Cc1cc(Cl)cc(Cl)c1Nc1nc2cccc([N+](=O)[O-])c2n2cncc12. The van der Waals surface area contributed by atoms with Crippen LogP contribution in [0.3, 0.4) is 0 Å². The largest absolute Gasteiger partial charge is 0.337 e. The maximum Gasteiger partial charge on any atom is 0.295 e. The average Bonchev–Trinajstić information content (AvgIpc) is 3.07. The van der Waals surface area contributed by atoms with Crippen molar-refractivity contribution in [3.8, 4) is 0 Å². The molecule has 0 aliphatic heterocycles. The summed E-state index contributed by atoms with van der Waals surface area (Å²) in [5, 5.41) is 15.6. The number of non-ortho nitro benzene ring substituents is 1. The van der Waals surface area contributed by atoms with E-state index in [9.17, 15) is 10.1 Å². The van der Waals surface area contributed by atoms with Gasteiger partial charge in [-0.1, -0.05) is 29.3 Å². The highest BCUT2D eigenvalue weighted by atomic mass is 35.5. The van der Waals surface area contributed by atoms with E-state index in [1.807, 2.05) is 6.92 Å². The number of fused-ring (bicyclic) bond motifs is 3. The van der Waals surface area contributed by atoms with Crippen LogP contribution in [-0.4, -0.2) is 19.3 Å².